The molecular formula is C13H12F2N2O4. The van der Waals surface area contributed by atoms with Crippen molar-refractivity contribution in [1.29, 1.82) is 0 Å². The van der Waals surface area contributed by atoms with E-state index in [2.05, 4.69) is 5.32 Å². The van der Waals surface area contributed by atoms with E-state index in [4.69, 9.17) is 5.11 Å². The zero-order valence-electron chi connectivity index (χ0n) is 10.9. The normalized spacial score (nSPS) is 15.3. The molecule has 2 amide bonds. The number of hydrogen-bond donors (Lipinski definition) is 2. The molecule has 1 fully saturated rings. The Morgan fingerprint density at radius 3 is 2.38 bits per heavy atom. The number of nitrogens with one attached hydrogen (secondary N) is 1. The minimum Gasteiger partial charge on any atom is -0.478 e. The molecule has 6 nitrogen and oxygen atoms in total. The van der Waals surface area contributed by atoms with Crippen molar-refractivity contribution in [3.05, 3.63) is 34.9 Å². The molecule has 1 aliphatic heterocycles. The first-order chi connectivity index (χ1) is 9.90. The van der Waals surface area contributed by atoms with E-state index in [1.54, 1.807) is 0 Å². The van der Waals surface area contributed by atoms with Gasteiger partial charge in [-0.05, 0) is 12.1 Å². The summed E-state index contributed by atoms with van der Waals surface area (Å²) in [6, 6.07) is 1.05. The lowest BCUT2D eigenvalue weighted by molar-refractivity contribution is -0.120. The molecule has 0 aromatic heterocycles. The molecule has 8 heteroatoms. The molecule has 1 saturated heterocycles. The summed E-state index contributed by atoms with van der Waals surface area (Å²) in [5.41, 5.74) is -1.04. The van der Waals surface area contributed by atoms with Crippen molar-refractivity contribution in [1.82, 2.24) is 10.2 Å². The van der Waals surface area contributed by atoms with Crippen molar-refractivity contribution in [3.63, 3.8) is 0 Å². The molecule has 112 valence electrons. The Kier molecular flexibility index (Phi) is 4.15. The molecule has 21 heavy (non-hydrogen) atoms. The average Bonchev–Trinajstić information content (AvgIpc) is 2.65. The number of nitrogens with zero attached hydrogens (tertiary/aromatic N) is 1. The Balaban J connectivity index is 2.36. The smallest absolute Gasteiger partial charge is 0.336 e. The van der Waals surface area contributed by atoms with E-state index in [9.17, 15) is 23.2 Å². The van der Waals surface area contributed by atoms with Crippen molar-refractivity contribution < 1.29 is 28.3 Å². The maximum absolute atomic E-state index is 13.3. The van der Waals surface area contributed by atoms with Crippen LogP contribution in [-0.2, 0) is 4.79 Å². The third kappa shape index (κ3) is 3.15. The Morgan fingerprint density at radius 2 is 1.76 bits per heavy atom. The highest BCUT2D eigenvalue weighted by Gasteiger charge is 2.25. The Labute approximate surface area is 118 Å². The molecule has 0 unspecified atom stereocenters. The summed E-state index contributed by atoms with van der Waals surface area (Å²) in [7, 11) is 0. The summed E-state index contributed by atoms with van der Waals surface area (Å²) in [6.45, 7) is 0.474. The van der Waals surface area contributed by atoms with Crippen molar-refractivity contribution in [3.8, 4) is 0 Å². The zero-order valence-corrected chi connectivity index (χ0v) is 10.9. The predicted octanol–water partition coefficient (Wildman–Crippen LogP) is 0.625. The average molecular weight is 298 g/mol. The quantitative estimate of drug-likeness (QED) is 0.838. The van der Waals surface area contributed by atoms with Crippen LogP contribution in [0.4, 0.5) is 8.78 Å². The first-order valence-electron chi connectivity index (χ1n) is 6.18. The second-order valence-corrected chi connectivity index (χ2v) is 4.51. The van der Waals surface area contributed by atoms with Gasteiger partial charge in [0.05, 0.1) is 11.1 Å². The van der Waals surface area contributed by atoms with Gasteiger partial charge in [0.2, 0.25) is 5.91 Å². The molecule has 2 rings (SSSR count). The molecule has 1 heterocycles. The fraction of sp³-hybridized carbons (Fsp3) is 0.308. The van der Waals surface area contributed by atoms with E-state index in [1.807, 2.05) is 0 Å². The van der Waals surface area contributed by atoms with Crippen molar-refractivity contribution in [2.45, 2.75) is 6.42 Å². The summed E-state index contributed by atoms with van der Waals surface area (Å²) < 4.78 is 26.4. The van der Waals surface area contributed by atoms with Gasteiger partial charge in [0.1, 0.15) is 0 Å². The first kappa shape index (κ1) is 14.9. The molecule has 0 aliphatic carbocycles. The van der Waals surface area contributed by atoms with Gasteiger partial charge in [-0.15, -0.1) is 0 Å². The molecule has 0 saturated carbocycles. The molecule has 1 aromatic rings. The number of carboxylic acids is 1. The predicted molar refractivity (Wildman–Crippen MR) is 66.8 cm³/mol. The van der Waals surface area contributed by atoms with Crippen LogP contribution < -0.4 is 5.32 Å². The van der Waals surface area contributed by atoms with Crippen molar-refractivity contribution >= 4 is 17.8 Å². The maximum Gasteiger partial charge on any atom is 0.336 e. The number of carbonyl (C=O) groups is 3. The molecular weight excluding hydrogens is 286 g/mol. The highest BCUT2D eigenvalue weighted by molar-refractivity contribution is 6.05. The molecule has 0 bridgehead atoms. The zero-order chi connectivity index (χ0) is 15.6. The second kappa shape index (κ2) is 5.86. The van der Waals surface area contributed by atoms with Crippen molar-refractivity contribution in [2.24, 2.45) is 0 Å². The van der Waals surface area contributed by atoms with Crippen LogP contribution in [0.3, 0.4) is 0 Å². The molecule has 1 aromatic carbocycles. The largest absolute Gasteiger partial charge is 0.478 e. The van der Waals surface area contributed by atoms with E-state index in [0.29, 0.717) is 12.1 Å². The number of halogens is 2. The molecule has 0 radical (unpaired) electrons. The third-order valence-corrected chi connectivity index (χ3v) is 3.12. The van der Waals surface area contributed by atoms with Crippen LogP contribution in [0, 0.1) is 11.6 Å². The number of benzene rings is 1. The summed E-state index contributed by atoms with van der Waals surface area (Å²) in [5.74, 6) is -5.14. The molecule has 0 spiro atoms. The highest BCUT2D eigenvalue weighted by atomic mass is 19.2. The molecule has 2 N–H and O–H groups in total. The van der Waals surface area contributed by atoms with Gasteiger partial charge in [-0.2, -0.15) is 0 Å². The lowest BCUT2D eigenvalue weighted by atomic mass is 10.1. The summed E-state index contributed by atoms with van der Waals surface area (Å²) in [5, 5.41) is 11.6. The van der Waals surface area contributed by atoms with E-state index in [1.165, 1.54) is 4.90 Å². The second-order valence-electron chi connectivity index (χ2n) is 4.51. The summed E-state index contributed by atoms with van der Waals surface area (Å²) in [4.78, 5) is 35.8. The van der Waals surface area contributed by atoms with Gasteiger partial charge in [-0.25, -0.2) is 13.6 Å². The van der Waals surface area contributed by atoms with Crippen LogP contribution in [0.5, 0.6) is 0 Å². The van der Waals surface area contributed by atoms with E-state index < -0.39 is 34.6 Å². The standard InChI is InChI=1S/C13H12F2N2O4/c14-9-5-7(8(13(20)21)6-10(9)15)12(19)17-3-1-11(18)16-2-4-17/h5-6H,1-4H2,(H,16,18)(H,20,21). The van der Waals surface area contributed by atoms with Gasteiger partial charge >= 0.3 is 5.97 Å². The lowest BCUT2D eigenvalue weighted by Crippen LogP contribution is -2.35. The van der Waals surface area contributed by atoms with Gasteiger partial charge in [0.25, 0.3) is 5.91 Å². The summed E-state index contributed by atoms with van der Waals surface area (Å²) >= 11 is 0. The van der Waals surface area contributed by atoms with Gasteiger partial charge < -0.3 is 15.3 Å². The third-order valence-electron chi connectivity index (χ3n) is 3.12. The number of carbonyl (C=O) groups excluding carboxylic acids is 2. The highest BCUT2D eigenvalue weighted by Crippen LogP contribution is 2.18. The van der Waals surface area contributed by atoms with E-state index >= 15 is 0 Å². The SMILES string of the molecule is O=C1CCN(C(=O)c2cc(F)c(F)cc2C(=O)O)CCN1. The molecule has 1 aliphatic rings. The van der Waals surface area contributed by atoms with Gasteiger partial charge in [0, 0.05) is 26.1 Å². The Bertz CT molecular complexity index is 618. The van der Waals surface area contributed by atoms with Gasteiger partial charge in [-0.1, -0.05) is 0 Å². The van der Waals surface area contributed by atoms with Crippen LogP contribution in [0.15, 0.2) is 12.1 Å². The number of amides is 2. The van der Waals surface area contributed by atoms with Crippen LogP contribution in [0.1, 0.15) is 27.1 Å². The molecule has 0 atom stereocenters. The van der Waals surface area contributed by atoms with Crippen LogP contribution in [-0.4, -0.2) is 47.4 Å². The Morgan fingerprint density at radius 1 is 1.14 bits per heavy atom. The number of hydrogen-bond acceptors (Lipinski definition) is 3. The Hall–Kier alpha value is -2.51. The lowest BCUT2D eigenvalue weighted by Gasteiger charge is -2.20. The first-order valence-corrected chi connectivity index (χ1v) is 6.18. The topological polar surface area (TPSA) is 86.7 Å². The van der Waals surface area contributed by atoms with Gasteiger partial charge in [0.15, 0.2) is 11.6 Å². The number of rotatable bonds is 2. The van der Waals surface area contributed by atoms with E-state index in [0.717, 1.165) is 0 Å². The van der Waals surface area contributed by atoms with Crippen molar-refractivity contribution in [2.75, 3.05) is 19.6 Å². The minimum absolute atomic E-state index is 0.0673. The van der Waals surface area contributed by atoms with Crippen LogP contribution in [0.2, 0.25) is 0 Å². The van der Waals surface area contributed by atoms with E-state index in [-0.39, 0.29) is 32.0 Å². The minimum atomic E-state index is -1.53. The number of carboxylic acid groups (broad SMARTS) is 1. The van der Waals surface area contributed by atoms with Crippen LogP contribution in [0.25, 0.3) is 0 Å². The van der Waals surface area contributed by atoms with Crippen LogP contribution >= 0.6 is 0 Å². The van der Waals surface area contributed by atoms with Gasteiger partial charge in [-0.3, -0.25) is 9.59 Å². The monoisotopic (exact) mass is 298 g/mol. The fourth-order valence-corrected chi connectivity index (χ4v) is 2.04. The summed E-state index contributed by atoms with van der Waals surface area (Å²) in [6.07, 6.45) is 0.0673. The fourth-order valence-electron chi connectivity index (χ4n) is 2.04. The maximum atomic E-state index is 13.3. The number of aromatic carboxylic acids is 1.